The second kappa shape index (κ2) is 10.3. The smallest absolute Gasteiger partial charge is 0.362 e. The van der Waals surface area contributed by atoms with Gasteiger partial charge < -0.3 is 14.8 Å². The number of halogens is 2. The molecule has 0 unspecified atom stereocenters. The zero-order valence-electron chi connectivity index (χ0n) is 17.0. The first-order valence-corrected chi connectivity index (χ1v) is 9.58. The Morgan fingerprint density at radius 1 is 1.03 bits per heavy atom. The van der Waals surface area contributed by atoms with E-state index in [0.29, 0.717) is 5.56 Å². The van der Waals surface area contributed by atoms with Gasteiger partial charge in [0.25, 0.3) is 11.5 Å². The number of esters is 1. The molecule has 2 aromatic carbocycles. The van der Waals surface area contributed by atoms with Crippen molar-refractivity contribution in [3.63, 3.8) is 0 Å². The molecule has 1 amide bonds. The number of hydrogen-bond donors (Lipinski definition) is 1. The summed E-state index contributed by atoms with van der Waals surface area (Å²) < 4.78 is 37.3. The Kier molecular flexibility index (Phi) is 7.27. The second-order valence-electron chi connectivity index (χ2n) is 6.50. The first-order valence-electron chi connectivity index (χ1n) is 9.58. The summed E-state index contributed by atoms with van der Waals surface area (Å²) in [6, 6.07) is 11.5. The highest BCUT2D eigenvalue weighted by molar-refractivity contribution is 5.90. The topological polar surface area (TPSA) is 99.5 Å². The SMILES string of the molecule is CCOC(=O)c1nn(-c2ccc(F)cc2)c(=O)cc1OCC(=O)NCc1ccc(F)cc1. The molecule has 0 spiro atoms. The van der Waals surface area contributed by atoms with Crippen molar-refractivity contribution in [2.24, 2.45) is 0 Å². The van der Waals surface area contributed by atoms with Gasteiger partial charge in [-0.3, -0.25) is 9.59 Å². The predicted molar refractivity (Wildman–Crippen MR) is 109 cm³/mol. The highest BCUT2D eigenvalue weighted by Crippen LogP contribution is 2.16. The number of ether oxygens (including phenoxy) is 2. The molecule has 1 heterocycles. The third-order valence-electron chi connectivity index (χ3n) is 4.20. The first kappa shape index (κ1) is 22.6. The van der Waals surface area contributed by atoms with Gasteiger partial charge in [-0.2, -0.15) is 9.78 Å². The van der Waals surface area contributed by atoms with E-state index >= 15 is 0 Å². The van der Waals surface area contributed by atoms with E-state index in [1.165, 1.54) is 36.4 Å². The van der Waals surface area contributed by atoms with Crippen molar-refractivity contribution in [1.29, 1.82) is 0 Å². The Labute approximate surface area is 181 Å². The van der Waals surface area contributed by atoms with E-state index in [9.17, 15) is 23.2 Å². The van der Waals surface area contributed by atoms with Gasteiger partial charge in [0, 0.05) is 6.54 Å². The molecule has 166 valence electrons. The highest BCUT2D eigenvalue weighted by Gasteiger charge is 2.20. The van der Waals surface area contributed by atoms with Gasteiger partial charge in [0.1, 0.15) is 11.6 Å². The van der Waals surface area contributed by atoms with Crippen LogP contribution in [0.1, 0.15) is 23.0 Å². The van der Waals surface area contributed by atoms with Gasteiger partial charge in [-0.05, 0) is 48.9 Å². The fraction of sp³-hybridized carbons (Fsp3) is 0.182. The molecule has 3 rings (SSSR count). The second-order valence-corrected chi connectivity index (χ2v) is 6.50. The molecule has 0 bridgehead atoms. The Balaban J connectivity index is 1.76. The third-order valence-corrected chi connectivity index (χ3v) is 4.20. The van der Waals surface area contributed by atoms with E-state index in [0.717, 1.165) is 22.9 Å². The number of nitrogens with zero attached hydrogens (tertiary/aromatic N) is 2. The van der Waals surface area contributed by atoms with Gasteiger partial charge in [-0.25, -0.2) is 13.6 Å². The molecule has 0 aliphatic rings. The quantitative estimate of drug-likeness (QED) is 0.537. The number of nitrogens with one attached hydrogen (secondary N) is 1. The summed E-state index contributed by atoms with van der Waals surface area (Å²) in [6.07, 6.45) is 0. The lowest BCUT2D eigenvalue weighted by atomic mass is 10.2. The normalized spacial score (nSPS) is 10.5. The van der Waals surface area contributed by atoms with E-state index in [2.05, 4.69) is 10.4 Å². The van der Waals surface area contributed by atoms with Crippen LogP contribution in [-0.2, 0) is 16.1 Å². The van der Waals surface area contributed by atoms with Crippen molar-refractivity contribution >= 4 is 11.9 Å². The number of benzene rings is 2. The van der Waals surface area contributed by atoms with E-state index in [-0.39, 0.29) is 30.3 Å². The summed E-state index contributed by atoms with van der Waals surface area (Å²) in [5, 5.41) is 6.56. The number of carbonyl (C=O) groups excluding carboxylic acids is 2. The highest BCUT2D eigenvalue weighted by atomic mass is 19.1. The van der Waals surface area contributed by atoms with Crippen molar-refractivity contribution in [3.05, 3.63) is 87.8 Å². The fourth-order valence-corrected chi connectivity index (χ4v) is 2.66. The lowest BCUT2D eigenvalue weighted by molar-refractivity contribution is -0.123. The lowest BCUT2D eigenvalue weighted by Gasteiger charge is -2.12. The summed E-state index contributed by atoms with van der Waals surface area (Å²) in [5.74, 6) is -2.52. The van der Waals surface area contributed by atoms with Crippen molar-refractivity contribution in [1.82, 2.24) is 15.1 Å². The molecule has 10 heteroatoms. The van der Waals surface area contributed by atoms with Crippen LogP contribution in [0.3, 0.4) is 0 Å². The van der Waals surface area contributed by atoms with E-state index in [1.54, 1.807) is 6.92 Å². The molecular formula is C22H19F2N3O5. The Morgan fingerprint density at radius 2 is 1.66 bits per heavy atom. The van der Waals surface area contributed by atoms with Crippen LogP contribution >= 0.6 is 0 Å². The average Bonchev–Trinajstić information content (AvgIpc) is 2.78. The molecular weight excluding hydrogens is 424 g/mol. The van der Waals surface area contributed by atoms with Crippen LogP contribution in [-0.4, -0.2) is 34.9 Å². The molecule has 8 nitrogen and oxygen atoms in total. The molecule has 0 aliphatic carbocycles. The van der Waals surface area contributed by atoms with Crippen LogP contribution in [0.2, 0.25) is 0 Å². The Morgan fingerprint density at radius 3 is 2.28 bits per heavy atom. The third kappa shape index (κ3) is 5.75. The zero-order chi connectivity index (χ0) is 23.1. The van der Waals surface area contributed by atoms with Crippen LogP contribution in [0.4, 0.5) is 8.78 Å². The molecule has 32 heavy (non-hydrogen) atoms. The summed E-state index contributed by atoms with van der Waals surface area (Å²) in [7, 11) is 0. The summed E-state index contributed by atoms with van der Waals surface area (Å²) in [4.78, 5) is 36.9. The predicted octanol–water partition coefficient (Wildman–Crippen LogP) is 2.38. The van der Waals surface area contributed by atoms with Crippen LogP contribution in [0.25, 0.3) is 5.69 Å². The summed E-state index contributed by atoms with van der Waals surface area (Å²) >= 11 is 0. The molecule has 0 saturated heterocycles. The Bertz CT molecular complexity index is 1160. The molecule has 0 atom stereocenters. The van der Waals surface area contributed by atoms with Crippen molar-refractivity contribution in [2.75, 3.05) is 13.2 Å². The van der Waals surface area contributed by atoms with Crippen LogP contribution < -0.4 is 15.6 Å². The zero-order valence-corrected chi connectivity index (χ0v) is 17.0. The number of hydrogen-bond acceptors (Lipinski definition) is 6. The van der Waals surface area contributed by atoms with Gasteiger partial charge in [0.05, 0.1) is 18.4 Å². The van der Waals surface area contributed by atoms with Gasteiger partial charge >= 0.3 is 5.97 Å². The van der Waals surface area contributed by atoms with E-state index in [1.807, 2.05) is 0 Å². The first-order chi connectivity index (χ1) is 15.4. The largest absolute Gasteiger partial charge is 0.481 e. The minimum atomic E-state index is -0.856. The molecule has 0 fully saturated rings. The van der Waals surface area contributed by atoms with Gasteiger partial charge in [-0.15, -0.1) is 0 Å². The molecule has 0 radical (unpaired) electrons. The average molecular weight is 443 g/mol. The van der Waals surface area contributed by atoms with Crippen LogP contribution in [0.15, 0.2) is 59.4 Å². The minimum Gasteiger partial charge on any atom is -0.481 e. The number of aromatic nitrogens is 2. The Hall–Kier alpha value is -4.08. The maximum atomic E-state index is 13.2. The standard InChI is InChI=1S/C22H19F2N3O5/c1-2-31-22(30)21-18(11-20(29)27(26-21)17-9-7-16(24)8-10-17)32-13-19(28)25-12-14-3-5-15(23)6-4-14/h3-11H,2,12-13H2,1H3,(H,25,28). The number of rotatable bonds is 8. The molecule has 0 aliphatic heterocycles. The lowest BCUT2D eigenvalue weighted by Crippen LogP contribution is -2.30. The minimum absolute atomic E-state index is 0.0494. The van der Waals surface area contributed by atoms with Crippen molar-refractivity contribution in [3.8, 4) is 11.4 Å². The molecule has 1 aromatic heterocycles. The number of amides is 1. The monoisotopic (exact) mass is 443 g/mol. The van der Waals surface area contributed by atoms with Gasteiger partial charge in [0.2, 0.25) is 5.69 Å². The number of carbonyl (C=O) groups is 2. The van der Waals surface area contributed by atoms with Crippen molar-refractivity contribution in [2.45, 2.75) is 13.5 Å². The molecule has 1 N–H and O–H groups in total. The van der Waals surface area contributed by atoms with E-state index in [4.69, 9.17) is 9.47 Å². The summed E-state index contributed by atoms with van der Waals surface area (Å²) in [5.41, 5.74) is -0.0745. The van der Waals surface area contributed by atoms with Gasteiger partial charge in [-0.1, -0.05) is 12.1 Å². The molecule has 0 saturated carbocycles. The molecule has 3 aromatic rings. The van der Waals surface area contributed by atoms with Crippen molar-refractivity contribution < 1.29 is 27.8 Å². The maximum absolute atomic E-state index is 13.2. The summed E-state index contributed by atoms with van der Waals surface area (Å²) in [6.45, 7) is 1.28. The van der Waals surface area contributed by atoms with Crippen LogP contribution in [0, 0.1) is 11.6 Å². The fourth-order valence-electron chi connectivity index (χ4n) is 2.66. The maximum Gasteiger partial charge on any atom is 0.362 e. The van der Waals surface area contributed by atoms with E-state index < -0.39 is 35.7 Å². The van der Waals surface area contributed by atoms with Gasteiger partial charge in [0.15, 0.2) is 12.4 Å². The van der Waals surface area contributed by atoms with Crippen LogP contribution in [0.5, 0.6) is 5.75 Å².